The number of ether oxygens (including phenoxy) is 1. The minimum atomic E-state index is 0.120. The lowest BCUT2D eigenvalue weighted by Gasteiger charge is -2.17. The summed E-state index contributed by atoms with van der Waals surface area (Å²) in [7, 11) is 0. The Hall–Kier alpha value is -1.03. The van der Waals surface area contributed by atoms with Crippen LogP contribution >= 0.6 is 22.9 Å². The van der Waals surface area contributed by atoms with Gasteiger partial charge in [0.25, 0.3) is 0 Å². The zero-order valence-corrected chi connectivity index (χ0v) is 13.6. The maximum Gasteiger partial charge on any atom is 0.120 e. The van der Waals surface area contributed by atoms with Crippen molar-refractivity contribution in [1.82, 2.24) is 5.32 Å². The van der Waals surface area contributed by atoms with Gasteiger partial charge in [-0.05, 0) is 55.5 Å². The van der Waals surface area contributed by atoms with Gasteiger partial charge in [-0.25, -0.2) is 0 Å². The maximum absolute atomic E-state index is 6.16. The van der Waals surface area contributed by atoms with E-state index in [1.807, 2.05) is 26.0 Å². The fraction of sp³-hybridized carbons (Fsp3) is 0.375. The first-order valence-corrected chi connectivity index (χ1v) is 7.98. The summed E-state index contributed by atoms with van der Waals surface area (Å²) in [5, 5.41) is 6.32. The number of halogens is 1. The van der Waals surface area contributed by atoms with Crippen LogP contribution < -0.4 is 10.1 Å². The molecule has 2 aromatic rings. The third kappa shape index (κ3) is 4.23. The molecule has 0 aliphatic carbocycles. The second kappa shape index (κ2) is 7.11. The van der Waals surface area contributed by atoms with E-state index in [4.69, 9.17) is 16.3 Å². The molecule has 1 aromatic carbocycles. The summed E-state index contributed by atoms with van der Waals surface area (Å²) in [4.78, 5) is 1.34. The Morgan fingerprint density at radius 1 is 1.30 bits per heavy atom. The molecule has 108 valence electrons. The Bertz CT molecular complexity index is 531. The van der Waals surface area contributed by atoms with Gasteiger partial charge in [0, 0.05) is 23.0 Å². The van der Waals surface area contributed by atoms with Crippen LogP contribution in [0.3, 0.4) is 0 Å². The Morgan fingerprint density at radius 2 is 2.00 bits per heavy atom. The van der Waals surface area contributed by atoms with Crippen LogP contribution in [0.5, 0.6) is 5.75 Å². The van der Waals surface area contributed by atoms with Crippen molar-refractivity contribution in [2.24, 2.45) is 0 Å². The topological polar surface area (TPSA) is 21.3 Å². The van der Waals surface area contributed by atoms with E-state index in [2.05, 4.69) is 29.8 Å². The van der Waals surface area contributed by atoms with E-state index >= 15 is 0 Å². The molecular formula is C16H20ClNOS. The minimum absolute atomic E-state index is 0.120. The largest absolute Gasteiger partial charge is 0.489 e. The second-order valence-electron chi connectivity index (χ2n) is 5.01. The molecule has 1 N–H and O–H groups in total. The van der Waals surface area contributed by atoms with Crippen molar-refractivity contribution < 1.29 is 4.74 Å². The first-order chi connectivity index (χ1) is 9.56. The summed E-state index contributed by atoms with van der Waals surface area (Å²) in [5.41, 5.74) is 2.11. The molecule has 0 spiro atoms. The quantitative estimate of drug-likeness (QED) is 0.843. The van der Waals surface area contributed by atoms with Crippen molar-refractivity contribution in [3.05, 3.63) is 50.7 Å². The number of thiophene rings is 1. The summed E-state index contributed by atoms with van der Waals surface area (Å²) in [5.74, 6) is 0.884. The van der Waals surface area contributed by atoms with Gasteiger partial charge in [0.2, 0.25) is 0 Å². The molecule has 0 bridgehead atoms. The average Bonchev–Trinajstić information content (AvgIpc) is 2.89. The van der Waals surface area contributed by atoms with Crippen molar-refractivity contribution in [1.29, 1.82) is 0 Å². The van der Waals surface area contributed by atoms with Gasteiger partial charge in [-0.1, -0.05) is 17.7 Å². The summed E-state index contributed by atoms with van der Waals surface area (Å²) in [6.07, 6.45) is 0.120. The van der Waals surface area contributed by atoms with Gasteiger partial charge in [0.15, 0.2) is 0 Å². The zero-order chi connectivity index (χ0) is 14.5. The zero-order valence-electron chi connectivity index (χ0n) is 12.1. The minimum Gasteiger partial charge on any atom is -0.489 e. The highest BCUT2D eigenvalue weighted by atomic mass is 35.5. The predicted octanol–water partition coefficient (Wildman–Crippen LogP) is 4.58. The van der Waals surface area contributed by atoms with Gasteiger partial charge >= 0.3 is 0 Å². The molecule has 0 fully saturated rings. The van der Waals surface area contributed by atoms with E-state index < -0.39 is 0 Å². The standard InChI is InChI=1S/C16H20ClNOS/c1-11-7-14(8-12(2)16(11)17)19-13(3)9-18-10-15-5-4-6-20-15/h4-8,13,18H,9-10H2,1-3H3. The lowest BCUT2D eigenvalue weighted by Crippen LogP contribution is -2.28. The highest BCUT2D eigenvalue weighted by Gasteiger charge is 2.07. The van der Waals surface area contributed by atoms with Gasteiger partial charge in [-0.3, -0.25) is 0 Å². The molecule has 1 unspecified atom stereocenters. The molecule has 1 atom stereocenters. The van der Waals surface area contributed by atoms with Crippen LogP contribution in [-0.4, -0.2) is 12.6 Å². The number of hydrogen-bond acceptors (Lipinski definition) is 3. The predicted molar refractivity (Wildman–Crippen MR) is 87.0 cm³/mol. The van der Waals surface area contributed by atoms with E-state index in [-0.39, 0.29) is 6.10 Å². The lowest BCUT2D eigenvalue weighted by atomic mass is 10.1. The van der Waals surface area contributed by atoms with Gasteiger partial charge in [0.1, 0.15) is 11.9 Å². The number of benzene rings is 1. The van der Waals surface area contributed by atoms with Crippen LogP contribution in [0.25, 0.3) is 0 Å². The molecule has 2 rings (SSSR count). The van der Waals surface area contributed by atoms with Gasteiger partial charge < -0.3 is 10.1 Å². The first kappa shape index (κ1) is 15.4. The SMILES string of the molecule is Cc1cc(OC(C)CNCc2cccs2)cc(C)c1Cl. The number of hydrogen-bond donors (Lipinski definition) is 1. The van der Waals surface area contributed by atoms with Gasteiger partial charge in [0.05, 0.1) is 0 Å². The van der Waals surface area contributed by atoms with Crippen molar-refractivity contribution in [2.75, 3.05) is 6.54 Å². The number of aryl methyl sites for hydroxylation is 2. The monoisotopic (exact) mass is 309 g/mol. The average molecular weight is 310 g/mol. The Morgan fingerprint density at radius 3 is 2.60 bits per heavy atom. The molecule has 1 heterocycles. The summed E-state index contributed by atoms with van der Waals surface area (Å²) < 4.78 is 5.93. The van der Waals surface area contributed by atoms with Crippen LogP contribution in [0.15, 0.2) is 29.6 Å². The molecule has 0 saturated carbocycles. The smallest absolute Gasteiger partial charge is 0.120 e. The van der Waals surface area contributed by atoms with Crippen LogP contribution in [-0.2, 0) is 6.54 Å². The fourth-order valence-corrected chi connectivity index (χ4v) is 2.84. The summed E-state index contributed by atoms with van der Waals surface area (Å²) in [6.45, 7) is 7.78. The van der Waals surface area contributed by atoms with E-state index in [0.717, 1.165) is 35.0 Å². The van der Waals surface area contributed by atoms with Crippen molar-refractivity contribution >= 4 is 22.9 Å². The van der Waals surface area contributed by atoms with Crippen molar-refractivity contribution in [3.8, 4) is 5.75 Å². The highest BCUT2D eigenvalue weighted by molar-refractivity contribution is 7.09. The van der Waals surface area contributed by atoms with Crippen LogP contribution in [0, 0.1) is 13.8 Å². The molecule has 1 aromatic heterocycles. The third-order valence-corrected chi connectivity index (χ3v) is 4.53. The van der Waals surface area contributed by atoms with Crippen LogP contribution in [0.4, 0.5) is 0 Å². The number of rotatable bonds is 6. The first-order valence-electron chi connectivity index (χ1n) is 6.72. The van der Waals surface area contributed by atoms with E-state index in [9.17, 15) is 0 Å². The lowest BCUT2D eigenvalue weighted by molar-refractivity contribution is 0.217. The Balaban J connectivity index is 1.83. The van der Waals surface area contributed by atoms with E-state index in [1.165, 1.54) is 4.88 Å². The Kier molecular flexibility index (Phi) is 5.46. The molecular weight excluding hydrogens is 290 g/mol. The molecule has 0 amide bonds. The highest BCUT2D eigenvalue weighted by Crippen LogP contribution is 2.26. The van der Waals surface area contributed by atoms with Gasteiger partial charge in [-0.2, -0.15) is 0 Å². The summed E-state index contributed by atoms with van der Waals surface area (Å²) in [6, 6.07) is 8.19. The van der Waals surface area contributed by atoms with Crippen LogP contribution in [0.1, 0.15) is 22.9 Å². The molecule has 0 saturated heterocycles. The van der Waals surface area contributed by atoms with Crippen molar-refractivity contribution in [3.63, 3.8) is 0 Å². The Labute approximate surface area is 129 Å². The molecule has 0 aliphatic heterocycles. The molecule has 20 heavy (non-hydrogen) atoms. The number of nitrogens with one attached hydrogen (secondary N) is 1. The fourth-order valence-electron chi connectivity index (χ4n) is 2.06. The van der Waals surface area contributed by atoms with Crippen LogP contribution in [0.2, 0.25) is 5.02 Å². The second-order valence-corrected chi connectivity index (χ2v) is 6.42. The molecule has 2 nitrogen and oxygen atoms in total. The van der Waals surface area contributed by atoms with E-state index in [1.54, 1.807) is 11.3 Å². The van der Waals surface area contributed by atoms with E-state index in [0.29, 0.717) is 0 Å². The van der Waals surface area contributed by atoms with Crippen molar-refractivity contribution in [2.45, 2.75) is 33.4 Å². The molecule has 0 radical (unpaired) electrons. The normalized spacial score (nSPS) is 12.4. The van der Waals surface area contributed by atoms with Gasteiger partial charge in [-0.15, -0.1) is 11.3 Å². The molecule has 4 heteroatoms. The molecule has 0 aliphatic rings. The third-order valence-electron chi connectivity index (χ3n) is 3.06. The summed E-state index contributed by atoms with van der Waals surface area (Å²) >= 11 is 7.93. The maximum atomic E-state index is 6.16.